The molecule has 1 heterocycles. The van der Waals surface area contributed by atoms with E-state index in [2.05, 4.69) is 43.5 Å². The summed E-state index contributed by atoms with van der Waals surface area (Å²) in [5, 5.41) is 16.2. The second-order valence-electron chi connectivity index (χ2n) is 5.68. The van der Waals surface area contributed by atoms with Gasteiger partial charge in [0.05, 0.1) is 0 Å². The molecule has 2 unspecified atom stereocenters. The normalized spacial score (nSPS) is 22.0. The minimum atomic E-state index is 0.292. The number of nitrogens with one attached hydrogen (secondary N) is 2. The fourth-order valence-electron chi connectivity index (χ4n) is 2.88. The van der Waals surface area contributed by atoms with Gasteiger partial charge in [-0.1, -0.05) is 19.8 Å². The molecule has 1 fully saturated rings. The molecule has 0 bridgehead atoms. The van der Waals surface area contributed by atoms with Crippen molar-refractivity contribution < 1.29 is 5.11 Å². The van der Waals surface area contributed by atoms with E-state index >= 15 is 0 Å². The molecule has 6 heteroatoms. The van der Waals surface area contributed by atoms with Crippen LogP contribution in [0, 0.1) is 11.8 Å². The van der Waals surface area contributed by atoms with E-state index in [1.54, 1.807) is 6.33 Å². The molecule has 1 aliphatic rings. The number of aliphatic hydroxyl groups excluding tert-OH is 1. The van der Waals surface area contributed by atoms with Gasteiger partial charge in [-0.2, -0.15) is 0 Å². The Bertz CT molecular complexity index is 444. The molecule has 0 aromatic carbocycles. The molecule has 3 N–H and O–H groups in total. The molecule has 0 radical (unpaired) electrons. The maximum atomic E-state index is 9.48. The fraction of sp³-hybridized carbons (Fsp3) is 0.733. The van der Waals surface area contributed by atoms with E-state index < -0.39 is 0 Å². The van der Waals surface area contributed by atoms with Crippen LogP contribution in [0.5, 0.6) is 0 Å². The van der Waals surface area contributed by atoms with E-state index in [0.717, 1.165) is 42.0 Å². The van der Waals surface area contributed by atoms with E-state index in [1.807, 2.05) is 0 Å². The highest BCUT2D eigenvalue weighted by Crippen LogP contribution is 2.31. The monoisotopic (exact) mass is 356 g/mol. The molecule has 1 aromatic rings. The first-order chi connectivity index (χ1) is 10.3. The lowest BCUT2D eigenvalue weighted by Crippen LogP contribution is -2.29. The van der Waals surface area contributed by atoms with Gasteiger partial charge in [0.2, 0.25) is 0 Å². The third-order valence-electron chi connectivity index (χ3n) is 4.16. The Morgan fingerprint density at radius 3 is 2.52 bits per heavy atom. The number of nitrogens with zero attached hydrogens (tertiary/aromatic N) is 2. The Balaban J connectivity index is 1.96. The van der Waals surface area contributed by atoms with Crippen LogP contribution in [-0.4, -0.2) is 34.8 Å². The van der Waals surface area contributed by atoms with Crippen LogP contribution in [0.2, 0.25) is 0 Å². The van der Waals surface area contributed by atoms with Crippen molar-refractivity contribution in [2.75, 3.05) is 30.3 Å². The summed E-state index contributed by atoms with van der Waals surface area (Å²) in [4.78, 5) is 8.56. The van der Waals surface area contributed by atoms with E-state index in [4.69, 9.17) is 0 Å². The molecule has 118 valence electrons. The Kier molecular flexibility index (Phi) is 6.70. The molecule has 1 aromatic heterocycles. The van der Waals surface area contributed by atoms with E-state index in [-0.39, 0.29) is 0 Å². The third-order valence-corrected chi connectivity index (χ3v) is 4.92. The van der Waals surface area contributed by atoms with Gasteiger partial charge in [0, 0.05) is 19.7 Å². The standard InChI is InChI=1S/C15H25BrN4O/c1-2-7-17-14-13(16)15(20-10-19-14)18-8-11-5-3-4-6-12(11)9-21/h10-12,21H,2-9H2,1H3,(H2,17,18,19,20). The number of hydrogen-bond donors (Lipinski definition) is 3. The summed E-state index contributed by atoms with van der Waals surface area (Å²) in [6.07, 6.45) is 7.45. The lowest BCUT2D eigenvalue weighted by molar-refractivity contribution is 0.141. The van der Waals surface area contributed by atoms with Crippen molar-refractivity contribution >= 4 is 27.6 Å². The predicted molar refractivity (Wildman–Crippen MR) is 89.5 cm³/mol. The molecule has 1 saturated carbocycles. The number of anilines is 2. The molecule has 0 spiro atoms. The number of hydrogen-bond acceptors (Lipinski definition) is 5. The summed E-state index contributed by atoms with van der Waals surface area (Å²) in [6, 6.07) is 0. The first-order valence-corrected chi connectivity index (χ1v) is 8.64. The van der Waals surface area contributed by atoms with Crippen LogP contribution in [0.25, 0.3) is 0 Å². The van der Waals surface area contributed by atoms with Crippen LogP contribution >= 0.6 is 15.9 Å². The van der Waals surface area contributed by atoms with Gasteiger partial charge in [-0.3, -0.25) is 0 Å². The van der Waals surface area contributed by atoms with Crippen molar-refractivity contribution in [2.24, 2.45) is 11.8 Å². The summed E-state index contributed by atoms with van der Waals surface area (Å²) in [6.45, 7) is 4.16. The zero-order valence-corrected chi connectivity index (χ0v) is 14.2. The van der Waals surface area contributed by atoms with Gasteiger partial charge in [0.1, 0.15) is 22.4 Å². The molecule has 0 aliphatic heterocycles. The van der Waals surface area contributed by atoms with Crippen LogP contribution in [0.3, 0.4) is 0 Å². The van der Waals surface area contributed by atoms with Crippen molar-refractivity contribution in [3.05, 3.63) is 10.8 Å². The Morgan fingerprint density at radius 1 is 1.19 bits per heavy atom. The zero-order valence-electron chi connectivity index (χ0n) is 12.6. The first kappa shape index (κ1) is 16.5. The molecule has 21 heavy (non-hydrogen) atoms. The lowest BCUT2D eigenvalue weighted by Gasteiger charge is -2.30. The largest absolute Gasteiger partial charge is 0.396 e. The summed E-state index contributed by atoms with van der Waals surface area (Å²) >= 11 is 3.57. The summed E-state index contributed by atoms with van der Waals surface area (Å²) in [7, 11) is 0. The SMILES string of the molecule is CCCNc1ncnc(NCC2CCCCC2CO)c1Br. The topological polar surface area (TPSA) is 70.1 Å². The van der Waals surface area contributed by atoms with E-state index in [0.29, 0.717) is 18.4 Å². The molecule has 5 nitrogen and oxygen atoms in total. The Morgan fingerprint density at radius 2 is 1.86 bits per heavy atom. The van der Waals surface area contributed by atoms with E-state index in [9.17, 15) is 5.11 Å². The van der Waals surface area contributed by atoms with Crippen molar-refractivity contribution in [2.45, 2.75) is 39.0 Å². The molecular weight excluding hydrogens is 332 g/mol. The number of aromatic nitrogens is 2. The molecule has 0 saturated heterocycles. The van der Waals surface area contributed by atoms with Gasteiger partial charge in [-0.15, -0.1) is 0 Å². The van der Waals surface area contributed by atoms with Crippen LogP contribution in [0.15, 0.2) is 10.8 Å². The van der Waals surface area contributed by atoms with Crippen LogP contribution in [-0.2, 0) is 0 Å². The van der Waals surface area contributed by atoms with Crippen molar-refractivity contribution in [1.82, 2.24) is 9.97 Å². The molecule has 0 amide bonds. The average Bonchev–Trinajstić information content (AvgIpc) is 2.53. The van der Waals surface area contributed by atoms with Gasteiger partial charge < -0.3 is 15.7 Å². The second-order valence-corrected chi connectivity index (χ2v) is 6.47. The second kappa shape index (κ2) is 8.54. The van der Waals surface area contributed by atoms with Gasteiger partial charge in [0.15, 0.2) is 0 Å². The highest BCUT2D eigenvalue weighted by molar-refractivity contribution is 9.10. The predicted octanol–water partition coefficient (Wildman–Crippen LogP) is 3.27. The minimum absolute atomic E-state index is 0.292. The number of aliphatic hydroxyl groups is 1. The van der Waals surface area contributed by atoms with Gasteiger partial charge in [-0.05, 0) is 47.0 Å². The highest BCUT2D eigenvalue weighted by atomic mass is 79.9. The molecular formula is C15H25BrN4O. The average molecular weight is 357 g/mol. The maximum absolute atomic E-state index is 9.48. The van der Waals surface area contributed by atoms with Crippen molar-refractivity contribution in [3.8, 4) is 0 Å². The molecule has 2 atom stereocenters. The maximum Gasteiger partial charge on any atom is 0.145 e. The summed E-state index contributed by atoms with van der Waals surface area (Å²) in [5.74, 6) is 2.60. The van der Waals surface area contributed by atoms with E-state index in [1.165, 1.54) is 19.3 Å². The van der Waals surface area contributed by atoms with Crippen LogP contribution < -0.4 is 10.6 Å². The molecule has 2 rings (SSSR count). The molecule has 1 aliphatic carbocycles. The number of rotatable bonds is 7. The minimum Gasteiger partial charge on any atom is -0.396 e. The van der Waals surface area contributed by atoms with Gasteiger partial charge in [-0.25, -0.2) is 9.97 Å². The third kappa shape index (κ3) is 4.54. The van der Waals surface area contributed by atoms with Gasteiger partial charge in [0.25, 0.3) is 0 Å². The Hall–Kier alpha value is -0.880. The smallest absolute Gasteiger partial charge is 0.145 e. The van der Waals surface area contributed by atoms with Crippen LogP contribution in [0.4, 0.5) is 11.6 Å². The quantitative estimate of drug-likeness (QED) is 0.699. The van der Waals surface area contributed by atoms with Gasteiger partial charge >= 0.3 is 0 Å². The number of halogens is 1. The Labute approximate surface area is 135 Å². The lowest BCUT2D eigenvalue weighted by atomic mass is 9.79. The fourth-order valence-corrected chi connectivity index (χ4v) is 3.37. The first-order valence-electron chi connectivity index (χ1n) is 7.85. The summed E-state index contributed by atoms with van der Waals surface area (Å²) < 4.78 is 0.884. The zero-order chi connectivity index (χ0) is 15.1. The summed E-state index contributed by atoms with van der Waals surface area (Å²) in [5.41, 5.74) is 0. The van der Waals surface area contributed by atoms with Crippen molar-refractivity contribution in [3.63, 3.8) is 0 Å². The van der Waals surface area contributed by atoms with Crippen LogP contribution in [0.1, 0.15) is 39.0 Å². The highest BCUT2D eigenvalue weighted by Gasteiger charge is 2.24. The van der Waals surface area contributed by atoms with Crippen molar-refractivity contribution in [1.29, 1.82) is 0 Å².